The maximum absolute atomic E-state index is 11.5. The van der Waals surface area contributed by atoms with Crippen molar-refractivity contribution in [3.05, 3.63) is 0 Å². The number of carbonyl (C=O) groups excluding carboxylic acids is 3. The van der Waals surface area contributed by atoms with Gasteiger partial charge in [0.25, 0.3) is 0 Å². The fourth-order valence-electron chi connectivity index (χ4n) is 1.75. The average molecular weight is 198 g/mol. The molecule has 1 spiro atoms. The number of amides is 4. The molecule has 0 saturated carbocycles. The summed E-state index contributed by atoms with van der Waals surface area (Å²) in [6.07, 6.45) is 0.663. The molecule has 2 aliphatic rings. The van der Waals surface area contributed by atoms with E-state index in [9.17, 15) is 14.4 Å². The predicted molar refractivity (Wildman–Crippen MR) is 44.2 cm³/mol. The Labute approximate surface area is 80.0 Å². The van der Waals surface area contributed by atoms with Crippen molar-refractivity contribution < 1.29 is 19.1 Å². The van der Waals surface area contributed by atoms with Gasteiger partial charge < -0.3 is 4.74 Å². The summed E-state index contributed by atoms with van der Waals surface area (Å²) in [7, 11) is 0. The van der Waals surface area contributed by atoms with Crippen LogP contribution in [-0.2, 0) is 14.3 Å². The van der Waals surface area contributed by atoms with E-state index in [-0.39, 0.29) is 0 Å². The third kappa shape index (κ3) is 1.19. The summed E-state index contributed by atoms with van der Waals surface area (Å²) in [5, 5.41) is 4.21. The van der Waals surface area contributed by atoms with Gasteiger partial charge >= 0.3 is 6.03 Å². The quantitative estimate of drug-likeness (QED) is 0.496. The molecule has 0 atom stereocenters. The number of barbiturate groups is 1. The van der Waals surface area contributed by atoms with Gasteiger partial charge in [0, 0.05) is 13.2 Å². The van der Waals surface area contributed by atoms with E-state index in [1.165, 1.54) is 0 Å². The lowest BCUT2D eigenvalue weighted by Gasteiger charge is -2.36. The smallest absolute Gasteiger partial charge is 0.328 e. The van der Waals surface area contributed by atoms with E-state index in [2.05, 4.69) is 10.6 Å². The van der Waals surface area contributed by atoms with Crippen LogP contribution in [-0.4, -0.2) is 31.1 Å². The van der Waals surface area contributed by atoms with Crippen molar-refractivity contribution >= 4 is 17.8 Å². The summed E-state index contributed by atoms with van der Waals surface area (Å²) in [5.41, 5.74) is -1.09. The van der Waals surface area contributed by atoms with Gasteiger partial charge in [0.1, 0.15) is 5.41 Å². The minimum atomic E-state index is -1.09. The van der Waals surface area contributed by atoms with E-state index in [1.54, 1.807) is 0 Å². The van der Waals surface area contributed by atoms with E-state index in [4.69, 9.17) is 4.74 Å². The summed E-state index contributed by atoms with van der Waals surface area (Å²) in [5.74, 6) is -1.01. The molecule has 0 aliphatic carbocycles. The molecule has 2 N–H and O–H groups in total. The summed E-state index contributed by atoms with van der Waals surface area (Å²) in [6.45, 7) is 0.740. The number of hydrogen-bond acceptors (Lipinski definition) is 4. The van der Waals surface area contributed by atoms with Crippen LogP contribution in [0, 0.1) is 5.41 Å². The Morgan fingerprint density at radius 2 is 1.50 bits per heavy atom. The Kier molecular flexibility index (Phi) is 1.99. The standard InChI is InChI=1S/C8H10N2O4/c11-5-8(1-3-14-4-2-8)6(12)10-7(13)9-5/h1-4H2,(H2,9,10,11,12,13). The Bertz CT molecular complexity index is 284. The van der Waals surface area contributed by atoms with Gasteiger partial charge in [0.15, 0.2) is 0 Å². The maximum Gasteiger partial charge on any atom is 0.328 e. The summed E-state index contributed by atoms with van der Waals surface area (Å²) >= 11 is 0. The fourth-order valence-corrected chi connectivity index (χ4v) is 1.75. The molecule has 2 rings (SSSR count). The molecular weight excluding hydrogens is 188 g/mol. The third-order valence-corrected chi connectivity index (χ3v) is 2.67. The summed E-state index contributed by atoms with van der Waals surface area (Å²) in [4.78, 5) is 33.9. The number of rotatable bonds is 0. The minimum Gasteiger partial charge on any atom is -0.381 e. The van der Waals surface area contributed by atoms with Crippen LogP contribution in [0.1, 0.15) is 12.8 Å². The summed E-state index contributed by atoms with van der Waals surface area (Å²) < 4.78 is 5.08. The first-order valence-corrected chi connectivity index (χ1v) is 4.40. The van der Waals surface area contributed by atoms with Crippen LogP contribution in [0.2, 0.25) is 0 Å². The number of urea groups is 1. The van der Waals surface area contributed by atoms with Gasteiger partial charge in [-0.15, -0.1) is 0 Å². The number of ether oxygens (including phenoxy) is 1. The molecule has 76 valence electrons. The largest absolute Gasteiger partial charge is 0.381 e. The van der Waals surface area contributed by atoms with Gasteiger partial charge in [-0.25, -0.2) is 4.79 Å². The van der Waals surface area contributed by atoms with Crippen molar-refractivity contribution in [2.75, 3.05) is 13.2 Å². The Morgan fingerprint density at radius 1 is 1.00 bits per heavy atom. The number of nitrogens with one attached hydrogen (secondary N) is 2. The third-order valence-electron chi connectivity index (χ3n) is 2.67. The molecule has 2 fully saturated rings. The molecule has 4 amide bonds. The lowest BCUT2D eigenvalue weighted by molar-refractivity contribution is -0.150. The van der Waals surface area contributed by atoms with Crippen LogP contribution in [0.5, 0.6) is 0 Å². The van der Waals surface area contributed by atoms with Gasteiger partial charge in [-0.3, -0.25) is 20.2 Å². The second-order valence-electron chi connectivity index (χ2n) is 3.43. The zero-order chi connectivity index (χ0) is 10.2. The van der Waals surface area contributed by atoms with Gasteiger partial charge in [-0.05, 0) is 12.8 Å². The second-order valence-corrected chi connectivity index (χ2v) is 3.43. The topological polar surface area (TPSA) is 84.5 Å². The first-order valence-electron chi connectivity index (χ1n) is 4.40. The number of carbonyl (C=O) groups is 3. The Balaban J connectivity index is 2.27. The van der Waals surface area contributed by atoms with E-state index in [0.717, 1.165) is 0 Å². The maximum atomic E-state index is 11.5. The van der Waals surface area contributed by atoms with Gasteiger partial charge in [0.05, 0.1) is 0 Å². The highest BCUT2D eigenvalue weighted by Gasteiger charge is 2.50. The van der Waals surface area contributed by atoms with Crippen molar-refractivity contribution in [3.63, 3.8) is 0 Å². The molecule has 14 heavy (non-hydrogen) atoms. The van der Waals surface area contributed by atoms with Gasteiger partial charge in [-0.1, -0.05) is 0 Å². The summed E-state index contributed by atoms with van der Waals surface area (Å²) in [6, 6.07) is -0.739. The molecule has 0 bridgehead atoms. The second kappa shape index (κ2) is 3.06. The fraction of sp³-hybridized carbons (Fsp3) is 0.625. The zero-order valence-corrected chi connectivity index (χ0v) is 7.46. The predicted octanol–water partition coefficient (Wildman–Crippen LogP) is -0.851. The van der Waals surface area contributed by atoms with Crippen molar-refractivity contribution in [1.29, 1.82) is 0 Å². The van der Waals surface area contributed by atoms with E-state index in [1.807, 2.05) is 0 Å². The molecule has 2 heterocycles. The van der Waals surface area contributed by atoms with Crippen molar-refractivity contribution in [2.24, 2.45) is 5.41 Å². The van der Waals surface area contributed by atoms with Crippen LogP contribution in [0.15, 0.2) is 0 Å². The molecule has 6 nitrogen and oxygen atoms in total. The number of imide groups is 2. The molecule has 0 unspecified atom stereocenters. The van der Waals surface area contributed by atoms with Crippen LogP contribution < -0.4 is 10.6 Å². The van der Waals surface area contributed by atoms with Crippen molar-refractivity contribution in [3.8, 4) is 0 Å². The van der Waals surface area contributed by atoms with E-state index < -0.39 is 23.3 Å². The molecular formula is C8H10N2O4. The molecule has 0 aromatic heterocycles. The molecule has 0 aromatic carbocycles. The average Bonchev–Trinajstić information content (AvgIpc) is 2.16. The van der Waals surface area contributed by atoms with Crippen LogP contribution in [0.4, 0.5) is 4.79 Å². The molecule has 0 aromatic rings. The highest BCUT2D eigenvalue weighted by molar-refractivity contribution is 6.19. The van der Waals surface area contributed by atoms with Gasteiger partial charge in [0.2, 0.25) is 11.8 Å². The molecule has 2 aliphatic heterocycles. The van der Waals surface area contributed by atoms with Crippen LogP contribution >= 0.6 is 0 Å². The van der Waals surface area contributed by atoms with Crippen LogP contribution in [0.3, 0.4) is 0 Å². The highest BCUT2D eigenvalue weighted by Crippen LogP contribution is 2.32. The van der Waals surface area contributed by atoms with Gasteiger partial charge in [-0.2, -0.15) is 0 Å². The molecule has 0 radical (unpaired) electrons. The first-order chi connectivity index (χ1) is 6.65. The normalized spacial score (nSPS) is 25.9. The minimum absolute atomic E-state index is 0.331. The van der Waals surface area contributed by atoms with E-state index in [0.29, 0.717) is 26.1 Å². The first kappa shape index (κ1) is 9.14. The number of hydrogen-bond donors (Lipinski definition) is 2. The van der Waals surface area contributed by atoms with Crippen molar-refractivity contribution in [1.82, 2.24) is 10.6 Å². The van der Waals surface area contributed by atoms with E-state index >= 15 is 0 Å². The molecule has 2 saturated heterocycles. The SMILES string of the molecule is O=C1NC(=O)C2(CCOCC2)C(=O)N1. The lowest BCUT2D eigenvalue weighted by Crippen LogP contribution is -2.63. The monoisotopic (exact) mass is 198 g/mol. The Morgan fingerprint density at radius 3 is 2.00 bits per heavy atom. The highest BCUT2D eigenvalue weighted by atomic mass is 16.5. The molecule has 6 heteroatoms. The Hall–Kier alpha value is -1.43. The van der Waals surface area contributed by atoms with Crippen molar-refractivity contribution in [2.45, 2.75) is 12.8 Å². The zero-order valence-electron chi connectivity index (χ0n) is 7.46. The lowest BCUT2D eigenvalue weighted by atomic mass is 9.77. The van der Waals surface area contributed by atoms with Crippen LogP contribution in [0.25, 0.3) is 0 Å².